The number of non-ortho nitro benzene ring substituents is 1. The lowest BCUT2D eigenvalue weighted by Gasteiger charge is -2.31. The molecule has 3 aromatic rings. The molecule has 0 saturated carbocycles. The van der Waals surface area contributed by atoms with Gasteiger partial charge >= 0.3 is 18.3 Å². The zero-order valence-electron chi connectivity index (χ0n) is 17.7. The van der Waals surface area contributed by atoms with Crippen LogP contribution in [0.15, 0.2) is 41.3 Å². The molecule has 0 aliphatic rings. The summed E-state index contributed by atoms with van der Waals surface area (Å²) in [7, 11) is -5.09. The van der Waals surface area contributed by atoms with Crippen molar-refractivity contribution in [3.63, 3.8) is 0 Å². The highest BCUT2D eigenvalue weighted by atomic mass is 35.5. The minimum atomic E-state index is -6.16. The summed E-state index contributed by atoms with van der Waals surface area (Å²) < 4.78 is 115. The number of aliphatic hydroxyl groups is 1. The monoisotopic (exact) mass is 575 g/mol. The number of carbonyl (C=O) groups excluding carboxylic acids is 1. The minimum absolute atomic E-state index is 0.0745. The van der Waals surface area contributed by atoms with Crippen LogP contribution in [0.25, 0.3) is 21.5 Å². The van der Waals surface area contributed by atoms with Gasteiger partial charge in [0.2, 0.25) is 0 Å². The molecule has 0 radical (unpaired) electrons. The molecule has 0 amide bonds. The zero-order chi connectivity index (χ0) is 28.1. The largest absolute Gasteiger partial charge is 0.462 e. The molecule has 3 aromatic carbocycles. The van der Waals surface area contributed by atoms with Gasteiger partial charge in [-0.15, -0.1) is 0 Å². The first kappa shape index (κ1) is 28.4. The highest BCUT2D eigenvalue weighted by Gasteiger charge is 2.70. The molecule has 3 rings (SSSR count). The molecule has 200 valence electrons. The Morgan fingerprint density at radius 2 is 1.51 bits per heavy atom. The maximum Gasteiger partial charge on any atom is 0.426 e. The molecule has 9 nitrogen and oxygen atoms in total. The zero-order valence-corrected chi connectivity index (χ0v) is 19.3. The van der Waals surface area contributed by atoms with E-state index >= 15 is 0 Å². The van der Waals surface area contributed by atoms with Gasteiger partial charge in [-0.1, -0.05) is 11.6 Å². The molecule has 0 unspecified atom stereocenters. The molecule has 0 fully saturated rings. The summed E-state index contributed by atoms with van der Waals surface area (Å²) in [5, 5.41) is 20.0. The Morgan fingerprint density at radius 3 is 2.03 bits per heavy atom. The van der Waals surface area contributed by atoms with Gasteiger partial charge < -0.3 is 9.84 Å². The van der Waals surface area contributed by atoms with E-state index in [-0.39, 0.29) is 26.6 Å². The molecule has 0 atom stereocenters. The fraction of sp³-hybridized carbons (Fsp3) is 0.250. The van der Waals surface area contributed by atoms with Crippen LogP contribution in [0, 0.1) is 10.1 Å². The SMILES string of the molecule is O=C(OCCC(O)(C(F)(F)F)C(F)(F)F)c1cc(S(=O)(=O)O)c2cc3cc(Cl)cc([N+](=O)[O-])c3cc2c1. The van der Waals surface area contributed by atoms with Crippen molar-refractivity contribution >= 4 is 54.9 Å². The number of halogens is 7. The summed E-state index contributed by atoms with van der Waals surface area (Å²) in [5.74, 6) is -1.61. The number of carbonyl (C=O) groups is 1. The number of ether oxygens (including phenoxy) is 1. The second-order valence-electron chi connectivity index (χ2n) is 7.67. The van der Waals surface area contributed by atoms with Crippen LogP contribution >= 0.6 is 11.6 Å². The van der Waals surface area contributed by atoms with Crippen LogP contribution in [0.4, 0.5) is 32.0 Å². The molecule has 37 heavy (non-hydrogen) atoms. The first-order chi connectivity index (χ1) is 16.8. The Hall–Kier alpha value is -3.21. The summed E-state index contributed by atoms with van der Waals surface area (Å²) in [6.07, 6.45) is -14.4. The minimum Gasteiger partial charge on any atom is -0.462 e. The molecule has 0 aliphatic carbocycles. The lowest BCUT2D eigenvalue weighted by molar-refractivity contribution is -0.383. The molecular formula is C20H12ClF6NO8S. The normalized spacial score (nSPS) is 13.2. The Bertz CT molecular complexity index is 1520. The smallest absolute Gasteiger partial charge is 0.426 e. The maximum atomic E-state index is 12.8. The highest BCUT2D eigenvalue weighted by molar-refractivity contribution is 7.86. The molecule has 0 heterocycles. The fourth-order valence-electron chi connectivity index (χ4n) is 3.44. The summed E-state index contributed by atoms with van der Waals surface area (Å²) in [6, 6.07) is 5.85. The van der Waals surface area contributed by atoms with Crippen molar-refractivity contribution in [3.05, 3.63) is 57.1 Å². The topological polar surface area (TPSA) is 144 Å². The van der Waals surface area contributed by atoms with Gasteiger partial charge in [-0.3, -0.25) is 14.7 Å². The highest BCUT2D eigenvalue weighted by Crippen LogP contribution is 2.45. The van der Waals surface area contributed by atoms with Gasteiger partial charge in [-0.05, 0) is 41.1 Å². The Kier molecular flexibility index (Phi) is 7.11. The third-order valence-corrected chi connectivity index (χ3v) is 6.39. The van der Waals surface area contributed by atoms with Crippen LogP contribution in [0.5, 0.6) is 0 Å². The van der Waals surface area contributed by atoms with Gasteiger partial charge in [0.25, 0.3) is 21.4 Å². The molecular weight excluding hydrogens is 564 g/mol. The van der Waals surface area contributed by atoms with Crippen molar-refractivity contribution in [2.24, 2.45) is 0 Å². The number of hydrogen-bond acceptors (Lipinski definition) is 7. The summed E-state index contributed by atoms with van der Waals surface area (Å²) >= 11 is 5.86. The van der Waals surface area contributed by atoms with Crippen molar-refractivity contribution in [1.82, 2.24) is 0 Å². The number of rotatable bonds is 6. The number of alkyl halides is 6. The van der Waals surface area contributed by atoms with Crippen LogP contribution in [0.3, 0.4) is 0 Å². The number of fused-ring (bicyclic) bond motifs is 2. The van der Waals surface area contributed by atoms with E-state index in [4.69, 9.17) is 16.7 Å². The van der Waals surface area contributed by atoms with Crippen LogP contribution in [0.1, 0.15) is 16.8 Å². The van der Waals surface area contributed by atoms with Gasteiger partial charge in [-0.25, -0.2) is 4.79 Å². The van der Waals surface area contributed by atoms with E-state index in [1.165, 1.54) is 6.07 Å². The van der Waals surface area contributed by atoms with Gasteiger partial charge in [0, 0.05) is 22.9 Å². The van der Waals surface area contributed by atoms with Gasteiger partial charge in [0.05, 0.1) is 22.5 Å². The number of benzene rings is 3. The van der Waals surface area contributed by atoms with Crippen molar-refractivity contribution in [2.75, 3.05) is 6.61 Å². The molecule has 17 heteroatoms. The van der Waals surface area contributed by atoms with E-state index in [0.29, 0.717) is 6.07 Å². The van der Waals surface area contributed by atoms with E-state index < -0.39 is 68.1 Å². The molecule has 0 aromatic heterocycles. The van der Waals surface area contributed by atoms with Crippen molar-refractivity contribution in [2.45, 2.75) is 29.3 Å². The van der Waals surface area contributed by atoms with Crippen LogP contribution in [-0.2, 0) is 14.9 Å². The van der Waals surface area contributed by atoms with E-state index in [1.807, 2.05) is 0 Å². The number of nitro groups is 1. The van der Waals surface area contributed by atoms with E-state index in [2.05, 4.69) is 4.74 Å². The average Bonchev–Trinajstić information content (AvgIpc) is 2.73. The second-order valence-corrected chi connectivity index (χ2v) is 9.49. The third kappa shape index (κ3) is 5.41. The van der Waals surface area contributed by atoms with Crippen LogP contribution in [0.2, 0.25) is 5.02 Å². The summed E-state index contributed by atoms with van der Waals surface area (Å²) in [4.78, 5) is 22.1. The molecule has 0 bridgehead atoms. The maximum absolute atomic E-state index is 12.8. The van der Waals surface area contributed by atoms with Gasteiger partial charge in [-0.2, -0.15) is 34.8 Å². The number of hydrogen-bond donors (Lipinski definition) is 2. The quantitative estimate of drug-likeness (QED) is 0.102. The Morgan fingerprint density at radius 1 is 0.973 bits per heavy atom. The molecule has 2 N–H and O–H groups in total. The van der Waals surface area contributed by atoms with Crippen LogP contribution in [-0.4, -0.2) is 53.5 Å². The molecule has 0 aliphatic heterocycles. The van der Waals surface area contributed by atoms with E-state index in [9.17, 15) is 54.2 Å². The third-order valence-electron chi connectivity index (χ3n) is 5.27. The van der Waals surface area contributed by atoms with Crippen molar-refractivity contribution in [1.29, 1.82) is 0 Å². The van der Waals surface area contributed by atoms with Crippen LogP contribution < -0.4 is 0 Å². The predicted octanol–water partition coefficient (Wildman–Crippen LogP) is 5.20. The van der Waals surface area contributed by atoms with Crippen molar-refractivity contribution < 1.29 is 58.9 Å². The standard InChI is InChI=1S/C20H12ClF6NO8S/c21-12-4-10-6-14-9(5-13(10)15(8-12)28(31)32)3-11(7-16(14)37(33,34)35)17(29)36-2-1-18(30,19(22,23)24)20(25,26)27/h3-8,30H,1-2H2,(H,33,34,35). The first-order valence-corrected chi connectivity index (χ1v) is 11.4. The fourth-order valence-corrected chi connectivity index (χ4v) is 4.39. The first-order valence-electron chi connectivity index (χ1n) is 9.62. The number of nitro benzene ring substituents is 1. The van der Waals surface area contributed by atoms with E-state index in [1.54, 1.807) is 0 Å². The lowest BCUT2D eigenvalue weighted by atomic mass is 9.99. The number of nitrogens with zero attached hydrogens (tertiary/aromatic N) is 1. The lowest BCUT2D eigenvalue weighted by Crippen LogP contribution is -2.57. The summed E-state index contributed by atoms with van der Waals surface area (Å²) in [5.41, 5.74) is -6.44. The Labute approximate surface area is 207 Å². The second kappa shape index (κ2) is 9.27. The van der Waals surface area contributed by atoms with Gasteiger partial charge in [0.1, 0.15) is 4.90 Å². The predicted molar refractivity (Wildman–Crippen MR) is 115 cm³/mol. The molecule has 0 saturated heterocycles. The molecule has 0 spiro atoms. The van der Waals surface area contributed by atoms with Crippen molar-refractivity contribution in [3.8, 4) is 0 Å². The average molecular weight is 576 g/mol. The Balaban J connectivity index is 2.08. The van der Waals surface area contributed by atoms with Gasteiger partial charge in [0.15, 0.2) is 0 Å². The van der Waals surface area contributed by atoms with E-state index in [0.717, 1.165) is 24.3 Å². The number of esters is 1. The summed E-state index contributed by atoms with van der Waals surface area (Å²) in [6.45, 7) is -1.59.